The van der Waals surface area contributed by atoms with Crippen molar-refractivity contribution in [1.29, 1.82) is 0 Å². The lowest BCUT2D eigenvalue weighted by Crippen LogP contribution is -2.44. The highest BCUT2D eigenvalue weighted by molar-refractivity contribution is 5.94. The van der Waals surface area contributed by atoms with E-state index in [1.54, 1.807) is 11.1 Å². The van der Waals surface area contributed by atoms with Crippen LogP contribution in [0, 0.1) is 11.7 Å². The molecule has 1 aliphatic rings. The minimum atomic E-state index is -0.368. The van der Waals surface area contributed by atoms with Crippen LogP contribution in [0.15, 0.2) is 79.0 Å². The summed E-state index contributed by atoms with van der Waals surface area (Å²) in [6.07, 6.45) is 2.89. The van der Waals surface area contributed by atoms with Gasteiger partial charge in [0.1, 0.15) is 5.82 Å². The number of hydrogen-bond acceptors (Lipinski definition) is 3. The maximum atomic E-state index is 13.1. The molecule has 0 aliphatic carbocycles. The van der Waals surface area contributed by atoms with Gasteiger partial charge in [-0.1, -0.05) is 36.4 Å². The van der Waals surface area contributed by atoms with E-state index in [4.69, 9.17) is 0 Å². The maximum absolute atomic E-state index is 13.1. The molecule has 6 heteroatoms. The van der Waals surface area contributed by atoms with Gasteiger partial charge < -0.3 is 10.2 Å². The Labute approximate surface area is 180 Å². The summed E-state index contributed by atoms with van der Waals surface area (Å²) in [4.78, 5) is 31.8. The van der Waals surface area contributed by atoms with Crippen LogP contribution in [-0.2, 0) is 4.79 Å². The Bertz CT molecular complexity index is 978. The first-order chi connectivity index (χ1) is 15.1. The molecule has 1 atom stereocenters. The summed E-state index contributed by atoms with van der Waals surface area (Å²) in [6.45, 7) is 0.988. The highest BCUT2D eigenvalue weighted by atomic mass is 19.1. The largest absolute Gasteiger partial charge is 0.343 e. The molecule has 0 saturated carbocycles. The lowest BCUT2D eigenvalue weighted by Gasteiger charge is -2.32. The molecule has 2 amide bonds. The number of nitrogens with zero attached hydrogens (tertiary/aromatic N) is 2. The molecule has 1 N–H and O–H groups in total. The predicted octanol–water partition coefficient (Wildman–Crippen LogP) is 3.98. The van der Waals surface area contributed by atoms with Crippen LogP contribution in [0.4, 0.5) is 4.39 Å². The van der Waals surface area contributed by atoms with E-state index in [9.17, 15) is 14.0 Å². The van der Waals surface area contributed by atoms with Gasteiger partial charge in [-0.05, 0) is 54.8 Å². The number of carbonyl (C=O) groups is 2. The van der Waals surface area contributed by atoms with Crippen molar-refractivity contribution in [3.8, 4) is 0 Å². The van der Waals surface area contributed by atoms with Crippen molar-refractivity contribution in [2.45, 2.75) is 18.9 Å². The van der Waals surface area contributed by atoms with Crippen molar-refractivity contribution in [1.82, 2.24) is 15.2 Å². The number of aromatic nitrogens is 1. The molecule has 1 aliphatic heterocycles. The number of pyridine rings is 1. The zero-order chi connectivity index (χ0) is 21.6. The molecule has 0 bridgehead atoms. The number of benzene rings is 2. The van der Waals surface area contributed by atoms with Crippen molar-refractivity contribution in [3.05, 3.63) is 102 Å². The lowest BCUT2D eigenvalue weighted by molar-refractivity contribution is -0.126. The molecule has 2 aromatic carbocycles. The SMILES string of the molecule is O=C(NC(c1ccccc1)c1ccccn1)C1CCN(C(=O)c2ccc(F)cc2)CC1. The molecule has 0 spiro atoms. The van der Waals surface area contributed by atoms with Gasteiger partial charge in [0.2, 0.25) is 5.91 Å². The fourth-order valence-corrected chi connectivity index (χ4v) is 3.90. The minimum absolute atomic E-state index is 0.0339. The summed E-state index contributed by atoms with van der Waals surface area (Å²) in [7, 11) is 0. The summed E-state index contributed by atoms with van der Waals surface area (Å²) in [5, 5.41) is 3.15. The number of amides is 2. The summed E-state index contributed by atoms with van der Waals surface area (Å²) in [6, 6.07) is 20.7. The Balaban J connectivity index is 1.40. The van der Waals surface area contributed by atoms with Crippen molar-refractivity contribution in [2.75, 3.05) is 13.1 Å². The molecular weight excluding hydrogens is 393 g/mol. The summed E-state index contributed by atoms with van der Waals surface area (Å²) in [5.74, 6) is -0.706. The molecule has 1 saturated heterocycles. The van der Waals surface area contributed by atoms with E-state index in [2.05, 4.69) is 10.3 Å². The first kappa shape index (κ1) is 20.7. The van der Waals surface area contributed by atoms with Crippen LogP contribution in [0.5, 0.6) is 0 Å². The fourth-order valence-electron chi connectivity index (χ4n) is 3.90. The van der Waals surface area contributed by atoms with Crippen molar-refractivity contribution in [2.24, 2.45) is 5.92 Å². The fraction of sp³-hybridized carbons (Fsp3) is 0.240. The minimum Gasteiger partial charge on any atom is -0.343 e. The standard InChI is InChI=1S/C25H24FN3O2/c26-21-11-9-20(10-12-21)25(31)29-16-13-19(14-17-29)24(30)28-23(18-6-2-1-3-7-18)22-8-4-5-15-27-22/h1-12,15,19,23H,13-14,16-17H2,(H,28,30). The molecular formula is C25H24FN3O2. The van der Waals surface area contributed by atoms with Crippen LogP contribution in [0.1, 0.15) is 40.5 Å². The maximum Gasteiger partial charge on any atom is 0.253 e. The molecule has 1 aromatic heterocycles. The molecule has 1 unspecified atom stereocenters. The molecule has 2 heterocycles. The zero-order valence-electron chi connectivity index (χ0n) is 17.1. The average molecular weight is 417 g/mol. The van der Waals surface area contributed by atoms with Gasteiger partial charge in [-0.25, -0.2) is 4.39 Å². The molecule has 31 heavy (non-hydrogen) atoms. The Hall–Kier alpha value is -3.54. The third kappa shape index (κ3) is 4.97. The van der Waals surface area contributed by atoms with E-state index in [0.717, 1.165) is 11.3 Å². The van der Waals surface area contributed by atoms with E-state index >= 15 is 0 Å². The van der Waals surface area contributed by atoms with Crippen molar-refractivity contribution >= 4 is 11.8 Å². The first-order valence-corrected chi connectivity index (χ1v) is 10.4. The van der Waals surface area contributed by atoms with Crippen LogP contribution in [0.2, 0.25) is 0 Å². The number of rotatable bonds is 5. The Morgan fingerprint density at radius 1 is 0.935 bits per heavy atom. The molecule has 1 fully saturated rings. The van der Waals surface area contributed by atoms with Crippen LogP contribution in [0.25, 0.3) is 0 Å². The average Bonchev–Trinajstić information content (AvgIpc) is 2.83. The van der Waals surface area contributed by atoms with Crippen molar-refractivity contribution < 1.29 is 14.0 Å². The molecule has 5 nitrogen and oxygen atoms in total. The Morgan fingerprint density at radius 3 is 2.26 bits per heavy atom. The number of nitrogens with one attached hydrogen (secondary N) is 1. The van der Waals surface area contributed by atoms with Gasteiger partial charge in [0.25, 0.3) is 5.91 Å². The number of carbonyl (C=O) groups excluding carboxylic acids is 2. The Kier molecular flexibility index (Phi) is 6.36. The van der Waals surface area contributed by atoms with Gasteiger partial charge >= 0.3 is 0 Å². The third-order valence-corrected chi connectivity index (χ3v) is 5.65. The number of likely N-dealkylation sites (tertiary alicyclic amines) is 1. The lowest BCUT2D eigenvalue weighted by atomic mass is 9.94. The van der Waals surface area contributed by atoms with E-state index in [1.807, 2.05) is 48.5 Å². The summed E-state index contributed by atoms with van der Waals surface area (Å²) < 4.78 is 13.1. The number of piperidine rings is 1. The van der Waals surface area contributed by atoms with Gasteiger partial charge in [-0.15, -0.1) is 0 Å². The highest BCUT2D eigenvalue weighted by Crippen LogP contribution is 2.24. The predicted molar refractivity (Wildman–Crippen MR) is 116 cm³/mol. The van der Waals surface area contributed by atoms with Crippen LogP contribution in [0.3, 0.4) is 0 Å². The monoisotopic (exact) mass is 417 g/mol. The number of halogens is 1. The molecule has 158 valence electrons. The van der Waals surface area contributed by atoms with Gasteiger partial charge in [0.15, 0.2) is 0 Å². The zero-order valence-corrected chi connectivity index (χ0v) is 17.1. The summed E-state index contributed by atoms with van der Waals surface area (Å²) >= 11 is 0. The van der Waals surface area contributed by atoms with E-state index in [-0.39, 0.29) is 29.6 Å². The van der Waals surface area contributed by atoms with E-state index < -0.39 is 0 Å². The topological polar surface area (TPSA) is 62.3 Å². The van der Waals surface area contributed by atoms with Gasteiger partial charge in [-0.2, -0.15) is 0 Å². The van der Waals surface area contributed by atoms with Gasteiger partial charge in [0.05, 0.1) is 11.7 Å². The van der Waals surface area contributed by atoms with Crippen molar-refractivity contribution in [3.63, 3.8) is 0 Å². The van der Waals surface area contributed by atoms with Crippen LogP contribution < -0.4 is 5.32 Å². The second kappa shape index (κ2) is 9.51. The van der Waals surface area contributed by atoms with Gasteiger partial charge in [0, 0.05) is 30.8 Å². The summed E-state index contributed by atoms with van der Waals surface area (Å²) in [5.41, 5.74) is 2.22. The quantitative estimate of drug-likeness (QED) is 0.683. The first-order valence-electron chi connectivity index (χ1n) is 10.4. The van der Waals surface area contributed by atoms with E-state index in [1.165, 1.54) is 24.3 Å². The van der Waals surface area contributed by atoms with E-state index in [0.29, 0.717) is 31.5 Å². The second-order valence-corrected chi connectivity index (χ2v) is 7.68. The third-order valence-electron chi connectivity index (χ3n) is 5.65. The molecule has 0 radical (unpaired) electrons. The van der Waals surface area contributed by atoms with Crippen LogP contribution in [-0.4, -0.2) is 34.8 Å². The van der Waals surface area contributed by atoms with Crippen LogP contribution >= 0.6 is 0 Å². The highest BCUT2D eigenvalue weighted by Gasteiger charge is 2.29. The smallest absolute Gasteiger partial charge is 0.253 e. The Morgan fingerprint density at radius 2 is 1.61 bits per heavy atom. The second-order valence-electron chi connectivity index (χ2n) is 7.68. The van der Waals surface area contributed by atoms with Gasteiger partial charge in [-0.3, -0.25) is 14.6 Å². The number of hydrogen-bond donors (Lipinski definition) is 1. The molecule has 3 aromatic rings. The normalized spacial score (nSPS) is 15.3. The molecule has 4 rings (SSSR count).